The van der Waals surface area contributed by atoms with Crippen molar-refractivity contribution >= 4 is 16.4 Å². The molecule has 8 heteroatoms. The van der Waals surface area contributed by atoms with Gasteiger partial charge in [-0.05, 0) is 25.7 Å². The van der Waals surface area contributed by atoms with Gasteiger partial charge < -0.3 is 9.29 Å². The fourth-order valence-corrected chi connectivity index (χ4v) is 3.72. The minimum Gasteiger partial charge on any atom is -0.726 e. The molecule has 0 bridgehead atoms. The average Bonchev–Trinajstić information content (AvgIpc) is 2.63. The van der Waals surface area contributed by atoms with E-state index in [9.17, 15) is 17.8 Å². The van der Waals surface area contributed by atoms with Crippen LogP contribution in [0.1, 0.15) is 117 Å². The van der Waals surface area contributed by atoms with Crippen LogP contribution < -0.4 is 29.6 Å². The van der Waals surface area contributed by atoms with Crippen molar-refractivity contribution in [3.05, 3.63) is 0 Å². The number of hydrogen-bond donors (Lipinski definition) is 0. The molecule has 6 nitrogen and oxygen atoms in total. The Morgan fingerprint density at radius 2 is 1.28 bits per heavy atom. The summed E-state index contributed by atoms with van der Waals surface area (Å²) in [5.41, 5.74) is 0. The third-order valence-electron chi connectivity index (χ3n) is 4.76. The molecule has 29 heavy (non-hydrogen) atoms. The number of rotatable bonds is 20. The summed E-state index contributed by atoms with van der Waals surface area (Å²) in [6.45, 7) is 4.64. The monoisotopic (exact) mass is 444 g/mol. The second kappa shape index (κ2) is 21.6. The van der Waals surface area contributed by atoms with E-state index in [2.05, 4.69) is 6.92 Å². The fourth-order valence-electron chi connectivity index (χ4n) is 3.20. The summed E-state index contributed by atoms with van der Waals surface area (Å²) >= 11 is 0. The van der Waals surface area contributed by atoms with Crippen molar-refractivity contribution in [3.8, 4) is 0 Å². The summed E-state index contributed by atoms with van der Waals surface area (Å²) < 4.78 is 42.6. The number of carbonyl (C=O) groups is 1. The standard InChI is InChI=1S/C21H42O6S.Na/c1-3-5-6-7-8-10-13-16-20(27-28(23,24)25)17-14-11-9-12-15-18-21(22)26-19-4-2;/h20H,3-19H2,1-2H3,(H,23,24,25);/q;+1/p-1. The molecule has 0 N–H and O–H groups in total. The van der Waals surface area contributed by atoms with Gasteiger partial charge in [0.2, 0.25) is 10.4 Å². The molecule has 168 valence electrons. The zero-order valence-corrected chi connectivity index (χ0v) is 21.8. The zero-order valence-electron chi connectivity index (χ0n) is 19.0. The predicted molar refractivity (Wildman–Crippen MR) is 111 cm³/mol. The van der Waals surface area contributed by atoms with Crippen molar-refractivity contribution in [2.45, 2.75) is 123 Å². The molecule has 0 heterocycles. The van der Waals surface area contributed by atoms with E-state index in [0.29, 0.717) is 25.9 Å². The molecular weight excluding hydrogens is 403 g/mol. The molecule has 0 aromatic rings. The summed E-state index contributed by atoms with van der Waals surface area (Å²) in [4.78, 5) is 11.4. The first-order valence-corrected chi connectivity index (χ1v) is 12.5. The normalized spacial score (nSPS) is 12.4. The molecule has 0 radical (unpaired) electrons. The van der Waals surface area contributed by atoms with Crippen LogP contribution in [0.5, 0.6) is 0 Å². The van der Waals surface area contributed by atoms with Crippen LogP contribution in [0.25, 0.3) is 0 Å². The van der Waals surface area contributed by atoms with Gasteiger partial charge in [-0.15, -0.1) is 0 Å². The first-order valence-electron chi connectivity index (χ1n) is 11.2. The van der Waals surface area contributed by atoms with Gasteiger partial charge in [0.25, 0.3) is 0 Å². The van der Waals surface area contributed by atoms with Crippen LogP contribution in [0.2, 0.25) is 0 Å². The van der Waals surface area contributed by atoms with Gasteiger partial charge in [-0.1, -0.05) is 84.5 Å². The van der Waals surface area contributed by atoms with E-state index >= 15 is 0 Å². The summed E-state index contributed by atoms with van der Waals surface area (Å²) in [5.74, 6) is -0.134. The first-order chi connectivity index (χ1) is 13.4. The molecule has 0 fully saturated rings. The van der Waals surface area contributed by atoms with Crippen molar-refractivity contribution in [2.75, 3.05) is 6.61 Å². The van der Waals surface area contributed by atoms with Gasteiger partial charge in [0.15, 0.2) is 0 Å². The molecule has 0 aliphatic rings. The number of esters is 1. The van der Waals surface area contributed by atoms with Crippen LogP contribution in [0, 0.1) is 0 Å². The Bertz CT molecular complexity index is 470. The largest absolute Gasteiger partial charge is 1.00 e. The van der Waals surface area contributed by atoms with Crippen molar-refractivity contribution in [1.29, 1.82) is 0 Å². The van der Waals surface area contributed by atoms with Gasteiger partial charge in [0.05, 0.1) is 12.7 Å². The number of ether oxygens (including phenoxy) is 1. The Morgan fingerprint density at radius 3 is 1.76 bits per heavy atom. The molecule has 0 aliphatic carbocycles. The Morgan fingerprint density at radius 1 is 0.793 bits per heavy atom. The summed E-state index contributed by atoms with van der Waals surface area (Å²) in [6, 6.07) is 0. The minimum atomic E-state index is -4.65. The Labute approximate surface area is 201 Å². The van der Waals surface area contributed by atoms with Crippen LogP contribution in [0.4, 0.5) is 0 Å². The molecule has 0 saturated carbocycles. The molecule has 1 unspecified atom stereocenters. The molecule has 0 aromatic heterocycles. The third-order valence-corrected chi connectivity index (χ3v) is 5.27. The quantitative estimate of drug-likeness (QED) is 0.0942. The molecule has 0 saturated heterocycles. The SMILES string of the molecule is CCCCCCCCCC(CCCCCCCC(=O)OCCC)OS(=O)(=O)[O-].[Na+]. The molecule has 0 rings (SSSR count). The van der Waals surface area contributed by atoms with E-state index in [4.69, 9.17) is 8.92 Å². The Balaban J connectivity index is 0. The maximum atomic E-state index is 11.4. The molecule has 0 spiro atoms. The van der Waals surface area contributed by atoms with Crippen molar-refractivity contribution < 1.29 is 56.2 Å². The molecule has 1 atom stereocenters. The van der Waals surface area contributed by atoms with E-state index in [-0.39, 0.29) is 35.5 Å². The van der Waals surface area contributed by atoms with Gasteiger partial charge in [-0.3, -0.25) is 8.98 Å². The predicted octanol–water partition coefficient (Wildman–Crippen LogP) is 2.66. The van der Waals surface area contributed by atoms with Crippen LogP contribution in [-0.4, -0.2) is 31.7 Å². The van der Waals surface area contributed by atoms with E-state index in [1.807, 2.05) is 6.92 Å². The van der Waals surface area contributed by atoms with Crippen LogP contribution in [0.3, 0.4) is 0 Å². The van der Waals surface area contributed by atoms with Crippen molar-refractivity contribution in [3.63, 3.8) is 0 Å². The molecule has 0 aromatic carbocycles. The second-order valence-electron chi connectivity index (χ2n) is 7.56. The molecule has 0 aliphatic heterocycles. The summed E-state index contributed by atoms with van der Waals surface area (Å²) in [7, 11) is -4.65. The van der Waals surface area contributed by atoms with E-state index in [1.165, 1.54) is 25.7 Å². The first kappa shape index (κ1) is 31.5. The van der Waals surface area contributed by atoms with Crippen LogP contribution >= 0.6 is 0 Å². The van der Waals surface area contributed by atoms with Gasteiger partial charge in [0, 0.05) is 6.42 Å². The molecule has 0 amide bonds. The number of hydrogen-bond acceptors (Lipinski definition) is 6. The maximum Gasteiger partial charge on any atom is 1.00 e. The third kappa shape index (κ3) is 24.5. The van der Waals surface area contributed by atoms with E-state index in [1.54, 1.807) is 0 Å². The van der Waals surface area contributed by atoms with Gasteiger partial charge >= 0.3 is 35.5 Å². The molecular formula is C21H41NaO6S. The number of unbranched alkanes of at least 4 members (excludes halogenated alkanes) is 10. The van der Waals surface area contributed by atoms with Crippen LogP contribution in [-0.2, 0) is 24.1 Å². The van der Waals surface area contributed by atoms with Gasteiger partial charge in [-0.2, -0.15) is 0 Å². The second-order valence-corrected chi connectivity index (χ2v) is 8.57. The Kier molecular flexibility index (Phi) is 23.4. The minimum absolute atomic E-state index is 0. The van der Waals surface area contributed by atoms with Crippen LogP contribution in [0.15, 0.2) is 0 Å². The zero-order chi connectivity index (χ0) is 21.1. The smallest absolute Gasteiger partial charge is 0.726 e. The van der Waals surface area contributed by atoms with Crippen molar-refractivity contribution in [2.24, 2.45) is 0 Å². The average molecular weight is 445 g/mol. The Hall–Kier alpha value is 0.340. The van der Waals surface area contributed by atoms with Gasteiger partial charge in [0.1, 0.15) is 0 Å². The van der Waals surface area contributed by atoms with Crippen molar-refractivity contribution in [1.82, 2.24) is 0 Å². The fraction of sp³-hybridized carbons (Fsp3) is 0.952. The van der Waals surface area contributed by atoms with Gasteiger partial charge in [-0.25, -0.2) is 8.42 Å². The topological polar surface area (TPSA) is 92.7 Å². The maximum absolute atomic E-state index is 11.4. The summed E-state index contributed by atoms with van der Waals surface area (Å²) in [6.07, 6.45) is 14.6. The number of carbonyl (C=O) groups excluding carboxylic acids is 1. The van der Waals surface area contributed by atoms with E-state index in [0.717, 1.165) is 57.8 Å². The summed E-state index contributed by atoms with van der Waals surface area (Å²) in [5, 5.41) is 0. The van der Waals surface area contributed by atoms with E-state index < -0.39 is 16.5 Å².